The lowest BCUT2D eigenvalue weighted by Gasteiger charge is -2.34. The predicted molar refractivity (Wildman–Crippen MR) is 92.7 cm³/mol. The standard InChI is InChI=1S/C16H22BFN4O2/c1-19-16(24)5-3-13(11-23)20-12-2-4-15(14(18)10-12)21-6-8-22(17)9-7-21/h2,4,10-11,13,20H,3,5-9H2,1H3,(H,19,24). The van der Waals surface area contributed by atoms with Crippen molar-refractivity contribution in [3.63, 3.8) is 0 Å². The van der Waals surface area contributed by atoms with Crippen molar-refractivity contribution < 1.29 is 14.0 Å². The summed E-state index contributed by atoms with van der Waals surface area (Å²) in [6.45, 7) is 2.71. The first-order valence-electron chi connectivity index (χ1n) is 8.00. The Morgan fingerprint density at radius 1 is 1.38 bits per heavy atom. The molecule has 1 aliphatic heterocycles. The predicted octanol–water partition coefficient (Wildman–Crippen LogP) is 0.537. The van der Waals surface area contributed by atoms with Gasteiger partial charge in [0.25, 0.3) is 0 Å². The van der Waals surface area contributed by atoms with Gasteiger partial charge in [0.2, 0.25) is 5.91 Å². The summed E-state index contributed by atoms with van der Waals surface area (Å²) in [5.74, 6) is -0.481. The fraction of sp³-hybridized carbons (Fsp3) is 0.500. The minimum absolute atomic E-state index is 0.135. The van der Waals surface area contributed by atoms with Gasteiger partial charge in [0.1, 0.15) is 12.1 Å². The fourth-order valence-corrected chi connectivity index (χ4v) is 2.62. The maximum absolute atomic E-state index is 14.4. The number of carbonyl (C=O) groups is 2. The van der Waals surface area contributed by atoms with Crippen LogP contribution in [0.15, 0.2) is 18.2 Å². The second-order valence-corrected chi connectivity index (χ2v) is 5.79. The van der Waals surface area contributed by atoms with Crippen molar-refractivity contribution >= 4 is 31.5 Å². The molecule has 0 aliphatic carbocycles. The number of piperazine rings is 1. The molecule has 2 N–H and O–H groups in total. The number of hydrogen-bond donors (Lipinski definition) is 2. The summed E-state index contributed by atoms with van der Waals surface area (Å²) in [5, 5.41) is 5.46. The highest BCUT2D eigenvalue weighted by Crippen LogP contribution is 2.24. The molecule has 24 heavy (non-hydrogen) atoms. The first-order chi connectivity index (χ1) is 11.5. The van der Waals surface area contributed by atoms with Gasteiger partial charge in [-0.05, 0) is 24.6 Å². The van der Waals surface area contributed by atoms with E-state index in [-0.39, 0.29) is 18.1 Å². The van der Waals surface area contributed by atoms with E-state index < -0.39 is 6.04 Å². The molecule has 1 fully saturated rings. The van der Waals surface area contributed by atoms with Crippen molar-refractivity contribution in [3.05, 3.63) is 24.0 Å². The summed E-state index contributed by atoms with van der Waals surface area (Å²) in [5.41, 5.74) is 1.05. The topological polar surface area (TPSA) is 64.7 Å². The molecule has 0 spiro atoms. The summed E-state index contributed by atoms with van der Waals surface area (Å²) in [7, 11) is 7.25. The number of rotatable bonds is 7. The van der Waals surface area contributed by atoms with Crippen LogP contribution in [0.4, 0.5) is 15.8 Å². The summed E-state index contributed by atoms with van der Waals surface area (Å²) in [6.07, 6.45) is 1.32. The Kier molecular flexibility index (Phi) is 6.60. The van der Waals surface area contributed by atoms with E-state index in [1.54, 1.807) is 24.0 Å². The molecular formula is C16H22BFN4O2. The highest BCUT2D eigenvalue weighted by Gasteiger charge is 2.18. The van der Waals surface area contributed by atoms with Crippen LogP contribution in [0.25, 0.3) is 0 Å². The van der Waals surface area contributed by atoms with Crippen molar-refractivity contribution in [1.82, 2.24) is 10.1 Å². The van der Waals surface area contributed by atoms with Crippen molar-refractivity contribution in [2.45, 2.75) is 18.9 Å². The van der Waals surface area contributed by atoms with Crippen LogP contribution in [0.3, 0.4) is 0 Å². The van der Waals surface area contributed by atoms with Crippen LogP contribution in [0, 0.1) is 5.82 Å². The van der Waals surface area contributed by atoms with Crippen molar-refractivity contribution in [1.29, 1.82) is 0 Å². The zero-order chi connectivity index (χ0) is 17.5. The third kappa shape index (κ3) is 4.96. The van der Waals surface area contributed by atoms with Gasteiger partial charge in [-0.3, -0.25) is 4.79 Å². The number of nitrogens with one attached hydrogen (secondary N) is 2. The van der Waals surface area contributed by atoms with Gasteiger partial charge in [0.15, 0.2) is 7.98 Å². The van der Waals surface area contributed by atoms with Crippen LogP contribution in [0.2, 0.25) is 0 Å². The zero-order valence-electron chi connectivity index (χ0n) is 13.8. The van der Waals surface area contributed by atoms with Gasteiger partial charge in [-0.15, -0.1) is 0 Å². The highest BCUT2D eigenvalue weighted by molar-refractivity contribution is 6.04. The lowest BCUT2D eigenvalue weighted by Crippen LogP contribution is -2.45. The van der Waals surface area contributed by atoms with Crippen LogP contribution in [0.5, 0.6) is 0 Å². The monoisotopic (exact) mass is 332 g/mol. The van der Waals surface area contributed by atoms with Gasteiger partial charge in [0, 0.05) is 45.3 Å². The average Bonchev–Trinajstić information content (AvgIpc) is 2.59. The first kappa shape index (κ1) is 18.3. The molecule has 2 radical (unpaired) electrons. The Balaban J connectivity index is 1.97. The van der Waals surface area contributed by atoms with Crippen LogP contribution in [0.1, 0.15) is 12.8 Å². The van der Waals surface area contributed by atoms with E-state index in [2.05, 4.69) is 10.6 Å². The number of benzene rings is 1. The Bertz CT molecular complexity index is 579. The molecule has 1 aromatic rings. The zero-order valence-corrected chi connectivity index (χ0v) is 13.8. The molecule has 1 heterocycles. The molecule has 1 amide bonds. The maximum atomic E-state index is 14.4. The van der Waals surface area contributed by atoms with E-state index in [0.29, 0.717) is 44.0 Å². The lowest BCUT2D eigenvalue weighted by molar-refractivity contribution is -0.120. The van der Waals surface area contributed by atoms with Crippen molar-refractivity contribution in [2.75, 3.05) is 43.4 Å². The van der Waals surface area contributed by atoms with Crippen LogP contribution >= 0.6 is 0 Å². The molecule has 0 saturated carbocycles. The summed E-state index contributed by atoms with van der Waals surface area (Å²) in [6, 6.07) is 4.28. The smallest absolute Gasteiger partial charge is 0.219 e. The maximum Gasteiger partial charge on any atom is 0.219 e. The number of aldehydes is 1. The molecule has 2 rings (SSSR count). The van der Waals surface area contributed by atoms with E-state index in [1.165, 1.54) is 6.07 Å². The van der Waals surface area contributed by atoms with Gasteiger partial charge >= 0.3 is 0 Å². The first-order valence-corrected chi connectivity index (χ1v) is 8.00. The van der Waals surface area contributed by atoms with E-state index in [4.69, 9.17) is 7.98 Å². The Morgan fingerprint density at radius 2 is 2.08 bits per heavy atom. The van der Waals surface area contributed by atoms with Crippen molar-refractivity contribution in [2.24, 2.45) is 0 Å². The summed E-state index contributed by atoms with van der Waals surface area (Å²) >= 11 is 0. The third-order valence-corrected chi connectivity index (χ3v) is 4.08. The van der Waals surface area contributed by atoms with E-state index >= 15 is 0 Å². The SMILES string of the molecule is [B]N1CCN(c2ccc(NC(C=O)CCC(=O)NC)cc2F)CC1. The molecule has 128 valence electrons. The lowest BCUT2D eigenvalue weighted by atomic mass is 10.1. The van der Waals surface area contributed by atoms with E-state index in [9.17, 15) is 14.0 Å². The fourth-order valence-electron chi connectivity index (χ4n) is 2.62. The second-order valence-electron chi connectivity index (χ2n) is 5.79. The highest BCUT2D eigenvalue weighted by atomic mass is 19.1. The molecule has 6 nitrogen and oxygen atoms in total. The molecule has 8 heteroatoms. The summed E-state index contributed by atoms with van der Waals surface area (Å²) < 4.78 is 14.4. The largest absolute Gasteiger partial charge is 0.375 e. The number of hydrogen-bond acceptors (Lipinski definition) is 5. The third-order valence-electron chi connectivity index (χ3n) is 4.08. The minimum atomic E-state index is -0.534. The van der Waals surface area contributed by atoms with E-state index in [1.807, 2.05) is 4.90 Å². The molecular weight excluding hydrogens is 310 g/mol. The number of carbonyl (C=O) groups excluding carboxylic acids is 2. The van der Waals surface area contributed by atoms with Crippen LogP contribution < -0.4 is 15.5 Å². The normalized spacial score (nSPS) is 16.5. The Hall–Kier alpha value is -2.09. The minimum Gasteiger partial charge on any atom is -0.375 e. The Morgan fingerprint density at radius 3 is 2.67 bits per heavy atom. The van der Waals surface area contributed by atoms with Gasteiger partial charge in [0.05, 0.1) is 11.7 Å². The van der Waals surface area contributed by atoms with E-state index in [0.717, 1.165) is 6.29 Å². The number of amides is 1. The van der Waals surface area contributed by atoms with Crippen molar-refractivity contribution in [3.8, 4) is 0 Å². The van der Waals surface area contributed by atoms with Crippen LogP contribution in [-0.4, -0.2) is 64.3 Å². The van der Waals surface area contributed by atoms with Crippen LogP contribution in [-0.2, 0) is 9.59 Å². The molecule has 1 atom stereocenters. The molecule has 1 saturated heterocycles. The van der Waals surface area contributed by atoms with Gasteiger partial charge in [-0.25, -0.2) is 4.39 Å². The molecule has 1 aromatic carbocycles. The quantitative estimate of drug-likeness (QED) is 0.564. The number of nitrogens with zero attached hydrogens (tertiary/aromatic N) is 2. The van der Waals surface area contributed by atoms with Gasteiger partial charge in [-0.2, -0.15) is 0 Å². The molecule has 1 unspecified atom stereocenters. The molecule has 0 bridgehead atoms. The molecule has 1 aliphatic rings. The summed E-state index contributed by atoms with van der Waals surface area (Å²) in [4.78, 5) is 26.0. The average molecular weight is 332 g/mol. The molecule has 0 aromatic heterocycles. The number of halogens is 1. The number of anilines is 2. The van der Waals surface area contributed by atoms with Gasteiger partial charge < -0.3 is 25.1 Å². The van der Waals surface area contributed by atoms with Gasteiger partial charge in [-0.1, -0.05) is 0 Å². The Labute approximate surface area is 142 Å². The second kappa shape index (κ2) is 8.68.